The van der Waals surface area contributed by atoms with E-state index in [1.165, 1.54) is 0 Å². The Hall–Kier alpha value is -1.89. The van der Waals surface area contributed by atoms with E-state index in [9.17, 15) is 13.6 Å². The molecular formula is C18H20F2O2. The fourth-order valence-corrected chi connectivity index (χ4v) is 3.26. The molecule has 0 radical (unpaired) electrons. The highest BCUT2D eigenvalue weighted by atomic mass is 19.3. The molecule has 0 N–H and O–H groups in total. The minimum Gasteiger partial charge on any atom is -0.457 e. The predicted octanol–water partition coefficient (Wildman–Crippen LogP) is 4.25. The molecule has 2 rings (SSSR count). The van der Waals surface area contributed by atoms with Crippen molar-refractivity contribution in [3.63, 3.8) is 0 Å². The standard InChI is InChI=1S/C18H20F2O2/c1-6-7-12-10(2)8-14(11(12)3)22-17(21)16-13(9-15(19)20)18(16,4)5/h1,9,13-14,16H,2,7-8H2,3-5H3/t13-,14?,16-/m0/s1. The van der Waals surface area contributed by atoms with Gasteiger partial charge in [-0.2, -0.15) is 8.78 Å². The second kappa shape index (κ2) is 5.72. The third kappa shape index (κ3) is 2.85. The van der Waals surface area contributed by atoms with Crippen LogP contribution in [0, 0.1) is 29.6 Å². The van der Waals surface area contributed by atoms with Gasteiger partial charge in [0.2, 0.25) is 0 Å². The van der Waals surface area contributed by atoms with Crippen LogP contribution in [0.15, 0.2) is 35.5 Å². The van der Waals surface area contributed by atoms with Gasteiger partial charge in [-0.05, 0) is 35.1 Å². The largest absolute Gasteiger partial charge is 0.457 e. The lowest BCUT2D eigenvalue weighted by Gasteiger charge is -2.14. The van der Waals surface area contributed by atoms with E-state index in [4.69, 9.17) is 11.2 Å². The van der Waals surface area contributed by atoms with Crippen LogP contribution in [0.25, 0.3) is 0 Å². The summed E-state index contributed by atoms with van der Waals surface area (Å²) in [5.74, 6) is 1.16. The summed E-state index contributed by atoms with van der Waals surface area (Å²) in [6, 6.07) is 0. The number of rotatable bonds is 4. The van der Waals surface area contributed by atoms with Crippen molar-refractivity contribution in [2.45, 2.75) is 39.7 Å². The molecular weight excluding hydrogens is 286 g/mol. The molecule has 118 valence electrons. The molecule has 0 spiro atoms. The van der Waals surface area contributed by atoms with Gasteiger partial charge in [-0.15, -0.1) is 12.3 Å². The molecule has 0 saturated heterocycles. The highest BCUT2D eigenvalue weighted by molar-refractivity contribution is 5.79. The average Bonchev–Trinajstić information content (AvgIpc) is 2.83. The van der Waals surface area contributed by atoms with Gasteiger partial charge in [-0.25, -0.2) is 0 Å². The number of esters is 1. The smallest absolute Gasteiger partial charge is 0.310 e. The van der Waals surface area contributed by atoms with Crippen molar-refractivity contribution in [3.8, 4) is 12.3 Å². The van der Waals surface area contributed by atoms with Gasteiger partial charge in [0, 0.05) is 18.8 Å². The maximum atomic E-state index is 12.4. The molecule has 0 aromatic carbocycles. The Bertz CT molecular complexity index is 615. The van der Waals surface area contributed by atoms with Gasteiger partial charge in [-0.3, -0.25) is 4.79 Å². The number of terminal acetylenes is 1. The van der Waals surface area contributed by atoms with Gasteiger partial charge in [-0.1, -0.05) is 20.4 Å². The van der Waals surface area contributed by atoms with Crippen molar-refractivity contribution in [3.05, 3.63) is 35.5 Å². The maximum Gasteiger partial charge on any atom is 0.310 e. The first-order valence-electron chi connectivity index (χ1n) is 7.24. The van der Waals surface area contributed by atoms with Gasteiger partial charge < -0.3 is 4.74 Å². The van der Waals surface area contributed by atoms with Gasteiger partial charge >= 0.3 is 5.97 Å². The molecule has 0 heterocycles. The molecule has 0 aromatic heterocycles. The fraction of sp³-hybridized carbons (Fsp3) is 0.500. The number of allylic oxidation sites excluding steroid dienone is 2. The molecule has 2 aliphatic rings. The summed E-state index contributed by atoms with van der Waals surface area (Å²) in [6.07, 6.45) is 5.04. The predicted molar refractivity (Wildman–Crippen MR) is 80.8 cm³/mol. The molecule has 2 nitrogen and oxygen atoms in total. The summed E-state index contributed by atoms with van der Waals surface area (Å²) in [6.45, 7) is 9.42. The molecule has 0 aliphatic heterocycles. The fourth-order valence-electron chi connectivity index (χ4n) is 3.26. The monoisotopic (exact) mass is 306 g/mol. The van der Waals surface area contributed by atoms with Crippen LogP contribution in [-0.2, 0) is 9.53 Å². The molecule has 0 aromatic rings. The number of halogens is 2. The van der Waals surface area contributed by atoms with Crippen molar-refractivity contribution in [2.24, 2.45) is 17.3 Å². The van der Waals surface area contributed by atoms with Gasteiger partial charge in [0.1, 0.15) is 6.10 Å². The zero-order valence-corrected chi connectivity index (χ0v) is 13.1. The molecule has 1 saturated carbocycles. The van der Waals surface area contributed by atoms with Crippen LogP contribution in [0.1, 0.15) is 33.6 Å². The Morgan fingerprint density at radius 3 is 2.73 bits per heavy atom. The van der Waals surface area contributed by atoms with Crippen LogP contribution >= 0.6 is 0 Å². The van der Waals surface area contributed by atoms with Gasteiger partial charge in [0.15, 0.2) is 0 Å². The number of ether oxygens (including phenoxy) is 1. The third-order valence-corrected chi connectivity index (χ3v) is 4.82. The van der Waals surface area contributed by atoms with E-state index in [0.717, 1.165) is 22.8 Å². The normalized spacial score (nSPS) is 29.1. The molecule has 4 heteroatoms. The lowest BCUT2D eigenvalue weighted by Crippen LogP contribution is -2.20. The first kappa shape index (κ1) is 16.5. The second-order valence-electron chi connectivity index (χ2n) is 6.56. The van der Waals surface area contributed by atoms with Crippen molar-refractivity contribution in [1.29, 1.82) is 0 Å². The Balaban J connectivity index is 2.07. The van der Waals surface area contributed by atoms with Crippen LogP contribution in [0.5, 0.6) is 0 Å². The quantitative estimate of drug-likeness (QED) is 0.573. The summed E-state index contributed by atoms with van der Waals surface area (Å²) in [5, 5.41) is 0. The zero-order valence-electron chi connectivity index (χ0n) is 13.1. The van der Waals surface area contributed by atoms with Crippen molar-refractivity contribution >= 4 is 5.97 Å². The molecule has 1 unspecified atom stereocenters. The van der Waals surface area contributed by atoms with E-state index >= 15 is 0 Å². The number of carbonyl (C=O) groups excluding carboxylic acids is 1. The van der Waals surface area contributed by atoms with Crippen LogP contribution in [0.2, 0.25) is 0 Å². The van der Waals surface area contributed by atoms with E-state index < -0.39 is 29.3 Å². The summed E-state index contributed by atoms with van der Waals surface area (Å²) in [5.41, 5.74) is 2.27. The minimum atomic E-state index is -1.75. The number of hydrogen-bond acceptors (Lipinski definition) is 2. The zero-order chi connectivity index (χ0) is 16.7. The first-order chi connectivity index (χ1) is 10.2. The Morgan fingerprint density at radius 2 is 2.18 bits per heavy atom. The van der Waals surface area contributed by atoms with Gasteiger partial charge in [0.05, 0.1) is 5.92 Å². The number of carbonyl (C=O) groups is 1. The van der Waals surface area contributed by atoms with E-state index in [1.54, 1.807) is 13.8 Å². The highest BCUT2D eigenvalue weighted by Crippen LogP contribution is 2.60. The second-order valence-corrected chi connectivity index (χ2v) is 6.56. The lowest BCUT2D eigenvalue weighted by atomic mass is 10.1. The van der Waals surface area contributed by atoms with E-state index in [2.05, 4.69) is 12.5 Å². The SMILES string of the molecule is C#CCC1=C(C)C(OC(=O)[C@@H]2[C@H](C=C(F)F)C2(C)C)CC1=C. The molecule has 0 bridgehead atoms. The molecule has 2 aliphatic carbocycles. The molecule has 0 amide bonds. The van der Waals surface area contributed by atoms with Crippen LogP contribution < -0.4 is 0 Å². The van der Waals surface area contributed by atoms with E-state index in [0.29, 0.717) is 12.8 Å². The van der Waals surface area contributed by atoms with Crippen LogP contribution in [-0.4, -0.2) is 12.1 Å². The topological polar surface area (TPSA) is 26.3 Å². The Kier molecular flexibility index (Phi) is 4.28. The Labute approximate surface area is 129 Å². The van der Waals surface area contributed by atoms with Crippen molar-refractivity contribution in [1.82, 2.24) is 0 Å². The molecule has 1 fully saturated rings. The highest BCUT2D eigenvalue weighted by Gasteiger charge is 2.62. The van der Waals surface area contributed by atoms with E-state index in [1.807, 2.05) is 6.92 Å². The summed E-state index contributed by atoms with van der Waals surface area (Å²) in [7, 11) is 0. The maximum absolute atomic E-state index is 12.4. The van der Waals surface area contributed by atoms with Crippen molar-refractivity contribution in [2.75, 3.05) is 0 Å². The summed E-state index contributed by atoms with van der Waals surface area (Å²) in [4.78, 5) is 12.3. The van der Waals surface area contributed by atoms with E-state index in [-0.39, 0.29) is 6.10 Å². The van der Waals surface area contributed by atoms with Crippen molar-refractivity contribution < 1.29 is 18.3 Å². The average molecular weight is 306 g/mol. The Morgan fingerprint density at radius 1 is 1.55 bits per heavy atom. The molecule has 3 atom stereocenters. The minimum absolute atomic E-state index is 0.375. The van der Waals surface area contributed by atoms with Gasteiger partial charge in [0.25, 0.3) is 6.08 Å². The number of hydrogen-bond donors (Lipinski definition) is 0. The molecule has 22 heavy (non-hydrogen) atoms. The third-order valence-electron chi connectivity index (χ3n) is 4.82. The van der Waals surface area contributed by atoms with Crippen LogP contribution in [0.4, 0.5) is 8.78 Å². The lowest BCUT2D eigenvalue weighted by molar-refractivity contribution is -0.149. The summed E-state index contributed by atoms with van der Waals surface area (Å²) < 4.78 is 30.4. The first-order valence-corrected chi connectivity index (χ1v) is 7.24. The summed E-state index contributed by atoms with van der Waals surface area (Å²) >= 11 is 0. The van der Waals surface area contributed by atoms with Crippen LogP contribution in [0.3, 0.4) is 0 Å².